The molecule has 20 heavy (non-hydrogen) atoms. The first-order valence-corrected chi connectivity index (χ1v) is 7.94. The molecule has 0 bridgehead atoms. The monoisotopic (exact) mass is 284 g/mol. The number of carbonyl (C=O) groups is 1. The number of nitrogens with zero attached hydrogens (tertiary/aromatic N) is 2. The van der Waals surface area contributed by atoms with Gasteiger partial charge in [-0.1, -0.05) is 6.42 Å². The van der Waals surface area contributed by atoms with Crippen LogP contribution in [-0.2, 0) is 9.53 Å². The standard InChI is InChI=1S/C15H28N2O3/c1-3-20-14(15(18)19)7-9-16-11-13-6-4-5-8-17(13)10-12(16)2/h12-14H,3-11H2,1-2H3,(H,18,19). The van der Waals surface area contributed by atoms with Crippen LogP contribution in [0.25, 0.3) is 0 Å². The number of hydrogen-bond donors (Lipinski definition) is 1. The van der Waals surface area contributed by atoms with Gasteiger partial charge in [-0.3, -0.25) is 9.80 Å². The summed E-state index contributed by atoms with van der Waals surface area (Å²) in [4.78, 5) is 16.2. The fourth-order valence-corrected chi connectivity index (χ4v) is 3.49. The van der Waals surface area contributed by atoms with Crippen molar-refractivity contribution in [3.8, 4) is 0 Å². The van der Waals surface area contributed by atoms with Gasteiger partial charge in [-0.05, 0) is 39.7 Å². The number of aliphatic carboxylic acids is 1. The van der Waals surface area contributed by atoms with E-state index in [1.165, 1.54) is 25.8 Å². The van der Waals surface area contributed by atoms with E-state index in [-0.39, 0.29) is 0 Å². The summed E-state index contributed by atoms with van der Waals surface area (Å²) < 4.78 is 5.30. The molecule has 116 valence electrons. The Bertz CT molecular complexity index is 324. The number of piperidine rings is 1. The van der Waals surface area contributed by atoms with Crippen LogP contribution >= 0.6 is 0 Å². The molecule has 2 aliphatic heterocycles. The van der Waals surface area contributed by atoms with Gasteiger partial charge >= 0.3 is 5.97 Å². The number of fused-ring (bicyclic) bond motifs is 1. The first-order valence-electron chi connectivity index (χ1n) is 7.94. The zero-order chi connectivity index (χ0) is 14.5. The van der Waals surface area contributed by atoms with E-state index < -0.39 is 12.1 Å². The van der Waals surface area contributed by atoms with E-state index in [1.54, 1.807) is 0 Å². The fraction of sp³-hybridized carbons (Fsp3) is 0.933. The lowest BCUT2D eigenvalue weighted by Crippen LogP contribution is -2.59. The minimum absolute atomic E-state index is 0.461. The molecule has 3 unspecified atom stereocenters. The Morgan fingerprint density at radius 3 is 2.90 bits per heavy atom. The van der Waals surface area contributed by atoms with Gasteiger partial charge in [0.05, 0.1) is 0 Å². The number of ether oxygens (including phenoxy) is 1. The van der Waals surface area contributed by atoms with Crippen molar-refractivity contribution in [2.24, 2.45) is 0 Å². The van der Waals surface area contributed by atoms with E-state index in [2.05, 4.69) is 16.7 Å². The van der Waals surface area contributed by atoms with Gasteiger partial charge in [0, 0.05) is 38.3 Å². The summed E-state index contributed by atoms with van der Waals surface area (Å²) in [7, 11) is 0. The average molecular weight is 284 g/mol. The van der Waals surface area contributed by atoms with E-state index in [9.17, 15) is 4.79 Å². The van der Waals surface area contributed by atoms with Crippen molar-refractivity contribution in [2.75, 3.05) is 32.8 Å². The Kier molecular flexibility index (Phi) is 5.81. The molecule has 5 heteroatoms. The lowest BCUT2D eigenvalue weighted by molar-refractivity contribution is -0.151. The molecule has 0 spiro atoms. The molecule has 0 aliphatic carbocycles. The van der Waals surface area contributed by atoms with Crippen molar-refractivity contribution < 1.29 is 14.6 Å². The Balaban J connectivity index is 1.83. The second kappa shape index (κ2) is 7.38. The molecule has 0 saturated carbocycles. The van der Waals surface area contributed by atoms with Crippen molar-refractivity contribution in [3.63, 3.8) is 0 Å². The highest BCUT2D eigenvalue weighted by Gasteiger charge is 2.33. The zero-order valence-electron chi connectivity index (χ0n) is 12.8. The topological polar surface area (TPSA) is 53.0 Å². The smallest absolute Gasteiger partial charge is 0.332 e. The second-order valence-corrected chi connectivity index (χ2v) is 6.06. The van der Waals surface area contributed by atoms with Crippen molar-refractivity contribution in [3.05, 3.63) is 0 Å². The average Bonchev–Trinajstić information content (AvgIpc) is 2.43. The van der Waals surface area contributed by atoms with Crippen molar-refractivity contribution in [1.29, 1.82) is 0 Å². The quantitative estimate of drug-likeness (QED) is 0.799. The van der Waals surface area contributed by atoms with Crippen LogP contribution in [0.3, 0.4) is 0 Å². The molecule has 0 aromatic rings. The van der Waals surface area contributed by atoms with Crippen LogP contribution in [0.5, 0.6) is 0 Å². The van der Waals surface area contributed by atoms with Gasteiger partial charge in [0.25, 0.3) is 0 Å². The van der Waals surface area contributed by atoms with E-state index in [0.29, 0.717) is 25.1 Å². The van der Waals surface area contributed by atoms with Gasteiger partial charge in [0.2, 0.25) is 0 Å². The lowest BCUT2D eigenvalue weighted by Gasteiger charge is -2.47. The molecule has 0 aromatic heterocycles. The summed E-state index contributed by atoms with van der Waals surface area (Å²) in [5.74, 6) is -0.837. The van der Waals surface area contributed by atoms with Gasteiger partial charge < -0.3 is 9.84 Å². The summed E-state index contributed by atoms with van der Waals surface area (Å²) in [6, 6.07) is 1.19. The van der Waals surface area contributed by atoms with E-state index in [4.69, 9.17) is 9.84 Å². The molecule has 1 N–H and O–H groups in total. The normalized spacial score (nSPS) is 29.9. The second-order valence-electron chi connectivity index (χ2n) is 6.06. The Hall–Kier alpha value is -0.650. The third-order valence-electron chi connectivity index (χ3n) is 4.64. The Labute approximate surface area is 121 Å². The van der Waals surface area contributed by atoms with Crippen LogP contribution in [0, 0.1) is 0 Å². The summed E-state index contributed by atoms with van der Waals surface area (Å²) in [6.45, 7) is 8.82. The molecular weight excluding hydrogens is 256 g/mol. The minimum atomic E-state index is -0.837. The summed E-state index contributed by atoms with van der Waals surface area (Å²) >= 11 is 0. The first-order chi connectivity index (χ1) is 9.61. The van der Waals surface area contributed by atoms with E-state index in [1.807, 2.05) is 6.92 Å². The van der Waals surface area contributed by atoms with Crippen molar-refractivity contribution >= 4 is 5.97 Å². The molecule has 2 fully saturated rings. The maximum Gasteiger partial charge on any atom is 0.332 e. The van der Waals surface area contributed by atoms with Crippen molar-refractivity contribution in [1.82, 2.24) is 9.80 Å². The highest BCUT2D eigenvalue weighted by molar-refractivity contribution is 5.72. The molecule has 2 rings (SSSR count). The Morgan fingerprint density at radius 1 is 1.40 bits per heavy atom. The molecule has 2 heterocycles. The molecule has 2 aliphatic rings. The molecule has 2 saturated heterocycles. The van der Waals surface area contributed by atoms with Gasteiger partial charge in [-0.25, -0.2) is 4.79 Å². The molecule has 0 amide bonds. The Morgan fingerprint density at radius 2 is 2.20 bits per heavy atom. The number of piperazine rings is 1. The zero-order valence-corrected chi connectivity index (χ0v) is 12.8. The highest BCUT2D eigenvalue weighted by Crippen LogP contribution is 2.24. The van der Waals surface area contributed by atoms with Crippen molar-refractivity contribution in [2.45, 2.75) is 57.7 Å². The van der Waals surface area contributed by atoms with Crippen LogP contribution in [0.15, 0.2) is 0 Å². The molecule has 3 atom stereocenters. The van der Waals surface area contributed by atoms with E-state index >= 15 is 0 Å². The predicted octanol–water partition coefficient (Wildman–Crippen LogP) is 1.42. The number of carboxylic acids is 1. The van der Waals surface area contributed by atoms with Gasteiger partial charge in [-0.15, -0.1) is 0 Å². The van der Waals surface area contributed by atoms with Crippen LogP contribution in [-0.4, -0.2) is 71.8 Å². The summed E-state index contributed by atoms with van der Waals surface area (Å²) in [6.07, 6.45) is 3.88. The lowest BCUT2D eigenvalue weighted by atomic mass is 9.97. The summed E-state index contributed by atoms with van der Waals surface area (Å²) in [5, 5.41) is 9.14. The highest BCUT2D eigenvalue weighted by atomic mass is 16.5. The predicted molar refractivity (Wildman–Crippen MR) is 77.9 cm³/mol. The SMILES string of the molecule is CCOC(CCN1CC2CCCCN2CC1C)C(=O)O. The maximum atomic E-state index is 11.1. The largest absolute Gasteiger partial charge is 0.479 e. The van der Waals surface area contributed by atoms with Crippen LogP contribution in [0.2, 0.25) is 0 Å². The molecular formula is C15H28N2O3. The molecule has 0 aromatic carbocycles. The van der Waals surface area contributed by atoms with Crippen LogP contribution < -0.4 is 0 Å². The minimum Gasteiger partial charge on any atom is -0.479 e. The number of carboxylic acid groups (broad SMARTS) is 1. The first kappa shape index (κ1) is 15.7. The van der Waals surface area contributed by atoms with Crippen LogP contribution in [0.1, 0.15) is 39.5 Å². The van der Waals surface area contributed by atoms with Gasteiger partial charge in [-0.2, -0.15) is 0 Å². The third kappa shape index (κ3) is 3.93. The maximum absolute atomic E-state index is 11.1. The third-order valence-corrected chi connectivity index (χ3v) is 4.64. The number of hydrogen-bond acceptors (Lipinski definition) is 4. The molecule has 0 radical (unpaired) electrons. The van der Waals surface area contributed by atoms with E-state index in [0.717, 1.165) is 19.6 Å². The van der Waals surface area contributed by atoms with Crippen LogP contribution in [0.4, 0.5) is 0 Å². The summed E-state index contributed by atoms with van der Waals surface area (Å²) in [5.41, 5.74) is 0. The molecule has 5 nitrogen and oxygen atoms in total. The van der Waals surface area contributed by atoms with Gasteiger partial charge in [0.15, 0.2) is 6.10 Å². The fourth-order valence-electron chi connectivity index (χ4n) is 3.49. The van der Waals surface area contributed by atoms with Gasteiger partial charge in [0.1, 0.15) is 0 Å². The number of rotatable bonds is 6.